The van der Waals surface area contributed by atoms with Crippen LogP contribution >= 0.6 is 0 Å². The van der Waals surface area contributed by atoms with Gasteiger partial charge in [0.1, 0.15) is 0 Å². The maximum Gasteiger partial charge on any atom is 0.0208 e. The molecular formula is C9H10N. The largest absolute Gasteiger partial charge is 0.312 e. The lowest BCUT2D eigenvalue weighted by Gasteiger charge is -2.15. The van der Waals surface area contributed by atoms with Crippen molar-refractivity contribution in [2.24, 2.45) is 0 Å². The summed E-state index contributed by atoms with van der Waals surface area (Å²) < 4.78 is 0. The van der Waals surface area contributed by atoms with E-state index in [1.807, 2.05) is 6.07 Å². The van der Waals surface area contributed by atoms with E-state index in [-0.39, 0.29) is 0 Å². The first kappa shape index (κ1) is 5.93. The molecule has 1 aliphatic heterocycles. The predicted octanol–water partition coefficient (Wildman–Crippen LogP) is 1.13. The Morgan fingerprint density at radius 1 is 1.40 bits per heavy atom. The van der Waals surface area contributed by atoms with Gasteiger partial charge in [-0.15, -0.1) is 0 Å². The van der Waals surface area contributed by atoms with Crippen LogP contribution in [-0.2, 0) is 13.0 Å². The Kier molecular flexibility index (Phi) is 1.44. The second kappa shape index (κ2) is 2.43. The fraction of sp³-hybridized carbons (Fsp3) is 0.333. The average Bonchev–Trinajstić information content (AvgIpc) is 2.05. The first-order chi connectivity index (χ1) is 4.97. The number of hydrogen-bond acceptors (Lipinski definition) is 1. The summed E-state index contributed by atoms with van der Waals surface area (Å²) in [5, 5.41) is 3.32. The zero-order valence-electron chi connectivity index (χ0n) is 5.85. The number of benzene rings is 1. The molecule has 1 aromatic rings. The summed E-state index contributed by atoms with van der Waals surface area (Å²) >= 11 is 0. The lowest BCUT2D eigenvalue weighted by molar-refractivity contribution is 0.643. The quantitative estimate of drug-likeness (QED) is 0.558. The highest BCUT2D eigenvalue weighted by Gasteiger charge is 2.05. The van der Waals surface area contributed by atoms with Crippen LogP contribution in [0.15, 0.2) is 18.2 Å². The Labute approximate surface area is 61.1 Å². The van der Waals surface area contributed by atoms with E-state index in [0.717, 1.165) is 13.1 Å². The number of fused-ring (bicyclic) bond motifs is 1. The van der Waals surface area contributed by atoms with Gasteiger partial charge in [-0.1, -0.05) is 12.1 Å². The summed E-state index contributed by atoms with van der Waals surface area (Å²) in [6.07, 6.45) is 1.17. The normalized spacial score (nSPS) is 16.4. The fourth-order valence-corrected chi connectivity index (χ4v) is 1.35. The summed E-state index contributed by atoms with van der Waals surface area (Å²) in [4.78, 5) is 0. The van der Waals surface area contributed by atoms with E-state index in [4.69, 9.17) is 0 Å². The maximum absolute atomic E-state index is 3.32. The summed E-state index contributed by atoms with van der Waals surface area (Å²) in [6, 6.07) is 9.30. The van der Waals surface area contributed by atoms with Gasteiger partial charge in [0.25, 0.3) is 0 Å². The molecule has 1 heterocycles. The van der Waals surface area contributed by atoms with Crippen LogP contribution in [0.2, 0.25) is 0 Å². The summed E-state index contributed by atoms with van der Waals surface area (Å²) in [5.41, 5.74) is 2.89. The van der Waals surface area contributed by atoms with Crippen molar-refractivity contribution in [2.75, 3.05) is 6.54 Å². The molecule has 0 bridgehead atoms. The van der Waals surface area contributed by atoms with Gasteiger partial charge < -0.3 is 5.32 Å². The maximum atomic E-state index is 3.32. The highest BCUT2D eigenvalue weighted by atomic mass is 14.9. The minimum absolute atomic E-state index is 1.02. The van der Waals surface area contributed by atoms with Gasteiger partial charge in [0.05, 0.1) is 0 Å². The number of nitrogens with one attached hydrogen (secondary N) is 1. The van der Waals surface area contributed by atoms with Gasteiger partial charge >= 0.3 is 0 Å². The summed E-state index contributed by atoms with van der Waals surface area (Å²) in [6.45, 7) is 2.14. The van der Waals surface area contributed by atoms with Crippen molar-refractivity contribution in [3.05, 3.63) is 35.4 Å². The molecule has 2 rings (SSSR count). The molecule has 0 aromatic heterocycles. The molecule has 1 heteroatoms. The Morgan fingerprint density at radius 3 is 3.30 bits per heavy atom. The topological polar surface area (TPSA) is 12.0 Å². The van der Waals surface area contributed by atoms with E-state index >= 15 is 0 Å². The van der Waals surface area contributed by atoms with E-state index in [9.17, 15) is 0 Å². The van der Waals surface area contributed by atoms with E-state index in [1.54, 1.807) is 0 Å². The van der Waals surface area contributed by atoms with Crippen LogP contribution < -0.4 is 5.32 Å². The molecule has 0 amide bonds. The van der Waals surface area contributed by atoms with Gasteiger partial charge in [-0.3, -0.25) is 0 Å². The lowest BCUT2D eigenvalue weighted by atomic mass is 10.0. The highest BCUT2D eigenvalue weighted by molar-refractivity contribution is 5.28. The van der Waals surface area contributed by atoms with Crippen molar-refractivity contribution in [1.29, 1.82) is 0 Å². The first-order valence-corrected chi connectivity index (χ1v) is 3.65. The molecule has 1 N–H and O–H groups in total. The number of rotatable bonds is 0. The van der Waals surface area contributed by atoms with Gasteiger partial charge in [0, 0.05) is 6.54 Å². The molecule has 0 aliphatic carbocycles. The van der Waals surface area contributed by atoms with Gasteiger partial charge in [0.15, 0.2) is 0 Å². The molecule has 51 valence electrons. The summed E-state index contributed by atoms with van der Waals surface area (Å²) in [5.74, 6) is 0. The zero-order chi connectivity index (χ0) is 6.81. The average molecular weight is 132 g/mol. The second-order valence-corrected chi connectivity index (χ2v) is 2.62. The minimum atomic E-state index is 1.02. The third-order valence-electron chi connectivity index (χ3n) is 1.94. The summed E-state index contributed by atoms with van der Waals surface area (Å²) in [7, 11) is 0. The van der Waals surface area contributed by atoms with Gasteiger partial charge in [0.2, 0.25) is 0 Å². The molecule has 1 nitrogen and oxygen atoms in total. The van der Waals surface area contributed by atoms with Crippen molar-refractivity contribution in [1.82, 2.24) is 5.32 Å². The van der Waals surface area contributed by atoms with Crippen LogP contribution in [0.3, 0.4) is 0 Å². The molecule has 1 aromatic carbocycles. The third kappa shape index (κ3) is 0.929. The Balaban J connectivity index is 2.41. The molecule has 0 atom stereocenters. The van der Waals surface area contributed by atoms with Crippen molar-refractivity contribution >= 4 is 0 Å². The van der Waals surface area contributed by atoms with E-state index < -0.39 is 0 Å². The van der Waals surface area contributed by atoms with Crippen LogP contribution in [0.25, 0.3) is 0 Å². The molecular weight excluding hydrogens is 122 g/mol. The monoisotopic (exact) mass is 132 g/mol. The van der Waals surface area contributed by atoms with Crippen molar-refractivity contribution in [3.8, 4) is 0 Å². The van der Waals surface area contributed by atoms with Crippen molar-refractivity contribution in [2.45, 2.75) is 13.0 Å². The molecule has 0 spiro atoms. The van der Waals surface area contributed by atoms with E-state index in [0.29, 0.717) is 0 Å². The highest BCUT2D eigenvalue weighted by Crippen LogP contribution is 2.11. The van der Waals surface area contributed by atoms with Crippen LogP contribution in [0.5, 0.6) is 0 Å². The van der Waals surface area contributed by atoms with Crippen LogP contribution in [0.4, 0.5) is 0 Å². The minimum Gasteiger partial charge on any atom is -0.312 e. The lowest BCUT2D eigenvalue weighted by Crippen LogP contribution is -2.23. The molecule has 1 radical (unpaired) electrons. The Bertz CT molecular complexity index is 205. The standard InChI is InChI=1S/C9H10N/c1-2-4-9-7-10-6-5-8(9)3-1/h1,3-4,10H,5-7H2. The van der Waals surface area contributed by atoms with Gasteiger partial charge in [-0.2, -0.15) is 0 Å². The molecule has 0 fully saturated rings. The fourth-order valence-electron chi connectivity index (χ4n) is 1.35. The SMILES string of the molecule is [c]1ccc2c(c1)CNCC2. The van der Waals surface area contributed by atoms with Crippen LogP contribution in [-0.4, -0.2) is 6.54 Å². The van der Waals surface area contributed by atoms with Crippen LogP contribution in [0.1, 0.15) is 11.1 Å². The third-order valence-corrected chi connectivity index (χ3v) is 1.94. The first-order valence-electron chi connectivity index (χ1n) is 3.65. The number of hydrogen-bond donors (Lipinski definition) is 1. The van der Waals surface area contributed by atoms with E-state index in [1.165, 1.54) is 17.5 Å². The molecule has 0 saturated heterocycles. The Morgan fingerprint density at radius 2 is 2.40 bits per heavy atom. The smallest absolute Gasteiger partial charge is 0.0208 e. The predicted molar refractivity (Wildman–Crippen MR) is 40.7 cm³/mol. The van der Waals surface area contributed by atoms with Gasteiger partial charge in [-0.25, -0.2) is 0 Å². The van der Waals surface area contributed by atoms with E-state index in [2.05, 4.69) is 23.5 Å². The van der Waals surface area contributed by atoms with Crippen LogP contribution in [0, 0.1) is 6.07 Å². The molecule has 0 saturated carbocycles. The Hall–Kier alpha value is -0.820. The van der Waals surface area contributed by atoms with Crippen molar-refractivity contribution < 1.29 is 0 Å². The van der Waals surface area contributed by atoms with Gasteiger partial charge in [-0.05, 0) is 36.2 Å². The van der Waals surface area contributed by atoms with Crippen molar-refractivity contribution in [3.63, 3.8) is 0 Å². The molecule has 10 heavy (non-hydrogen) atoms. The second-order valence-electron chi connectivity index (χ2n) is 2.62. The molecule has 0 unspecified atom stereocenters. The zero-order valence-corrected chi connectivity index (χ0v) is 5.85. The molecule has 1 aliphatic rings.